The zero-order valence-corrected chi connectivity index (χ0v) is 10.9. The molecule has 0 fully saturated rings. The first-order valence-corrected chi connectivity index (χ1v) is 5.92. The van der Waals surface area contributed by atoms with E-state index in [9.17, 15) is 4.21 Å². The molecule has 0 spiro atoms. The van der Waals surface area contributed by atoms with Crippen LogP contribution in [0.2, 0.25) is 0 Å². The summed E-state index contributed by atoms with van der Waals surface area (Å²) in [7, 11) is -1.28. The predicted molar refractivity (Wildman–Crippen MR) is 69.7 cm³/mol. The van der Waals surface area contributed by atoms with E-state index in [1.165, 1.54) is 12.3 Å². The van der Waals surface area contributed by atoms with Crippen LogP contribution in [0.5, 0.6) is 0 Å². The number of allylic oxidation sites excluding steroid dienone is 4. The van der Waals surface area contributed by atoms with Crippen LogP contribution < -0.4 is 0 Å². The van der Waals surface area contributed by atoms with Crippen molar-refractivity contribution >= 4 is 28.8 Å². The second kappa shape index (κ2) is 6.03. The summed E-state index contributed by atoms with van der Waals surface area (Å²) < 4.78 is 15.1. The molecule has 0 aromatic carbocycles. The highest BCUT2D eigenvalue weighted by atomic mass is 35.5. The lowest BCUT2D eigenvalue weighted by Gasteiger charge is -2.12. The molecule has 2 nitrogen and oxygen atoms in total. The number of halogens is 1. The first kappa shape index (κ1) is 14.3. The SMILES string of the molecule is C=CC(Cl)=C(C=C)C=NS(=O)C(C)(C)C. The molecule has 0 saturated heterocycles. The van der Waals surface area contributed by atoms with E-state index in [0.29, 0.717) is 10.6 Å². The van der Waals surface area contributed by atoms with Crippen molar-refractivity contribution in [3.05, 3.63) is 35.9 Å². The van der Waals surface area contributed by atoms with Crippen LogP contribution in [0.15, 0.2) is 40.3 Å². The second-order valence-electron chi connectivity index (χ2n) is 3.81. The van der Waals surface area contributed by atoms with Gasteiger partial charge in [0.2, 0.25) is 0 Å². The third kappa shape index (κ3) is 5.09. The van der Waals surface area contributed by atoms with Crippen molar-refractivity contribution in [2.24, 2.45) is 4.40 Å². The van der Waals surface area contributed by atoms with E-state index in [-0.39, 0.29) is 4.75 Å². The lowest BCUT2D eigenvalue weighted by Crippen LogP contribution is -2.19. The molecule has 0 heterocycles. The summed E-state index contributed by atoms with van der Waals surface area (Å²) in [5, 5.41) is 0.444. The van der Waals surface area contributed by atoms with E-state index in [2.05, 4.69) is 17.6 Å². The maximum absolute atomic E-state index is 11.6. The minimum Gasteiger partial charge on any atom is -0.234 e. The fourth-order valence-corrected chi connectivity index (χ4v) is 1.24. The van der Waals surface area contributed by atoms with Gasteiger partial charge in [0, 0.05) is 16.8 Å². The Morgan fingerprint density at radius 2 is 1.87 bits per heavy atom. The minimum atomic E-state index is -1.28. The van der Waals surface area contributed by atoms with E-state index in [4.69, 9.17) is 11.6 Å². The molecule has 0 aliphatic heterocycles. The Labute approximate surface area is 99.0 Å². The van der Waals surface area contributed by atoms with Gasteiger partial charge in [-0.05, 0) is 20.8 Å². The van der Waals surface area contributed by atoms with Gasteiger partial charge in [0.25, 0.3) is 0 Å². The maximum atomic E-state index is 11.6. The third-order valence-electron chi connectivity index (χ3n) is 1.49. The Bertz CT molecular complexity index is 337. The molecule has 1 unspecified atom stereocenters. The first-order chi connectivity index (χ1) is 6.82. The van der Waals surface area contributed by atoms with Gasteiger partial charge in [-0.1, -0.05) is 36.9 Å². The van der Waals surface area contributed by atoms with Gasteiger partial charge in [-0.15, -0.1) is 0 Å². The predicted octanol–water partition coefficient (Wildman–Crippen LogP) is 3.38. The fourth-order valence-electron chi connectivity index (χ4n) is 0.592. The van der Waals surface area contributed by atoms with Crippen LogP contribution in [-0.4, -0.2) is 15.2 Å². The zero-order chi connectivity index (χ0) is 12.1. The summed E-state index contributed by atoms with van der Waals surface area (Å²) in [5.74, 6) is 0. The molecular weight excluding hydrogens is 230 g/mol. The van der Waals surface area contributed by atoms with Crippen molar-refractivity contribution < 1.29 is 4.21 Å². The molecule has 0 N–H and O–H groups in total. The van der Waals surface area contributed by atoms with Crippen LogP contribution in [0, 0.1) is 0 Å². The molecule has 0 saturated carbocycles. The van der Waals surface area contributed by atoms with Crippen LogP contribution in [0.4, 0.5) is 0 Å². The van der Waals surface area contributed by atoms with Crippen LogP contribution in [-0.2, 0) is 11.0 Å². The lowest BCUT2D eigenvalue weighted by molar-refractivity contribution is 0.651. The van der Waals surface area contributed by atoms with Crippen LogP contribution in [0.3, 0.4) is 0 Å². The molecule has 0 aliphatic rings. The average molecular weight is 246 g/mol. The largest absolute Gasteiger partial charge is 0.234 e. The van der Waals surface area contributed by atoms with E-state index in [0.717, 1.165) is 0 Å². The monoisotopic (exact) mass is 245 g/mol. The highest BCUT2D eigenvalue weighted by Crippen LogP contribution is 2.14. The molecule has 0 aromatic heterocycles. The molecule has 0 bridgehead atoms. The Balaban J connectivity index is 4.87. The summed E-state index contributed by atoms with van der Waals surface area (Å²) in [6, 6.07) is 0. The van der Waals surface area contributed by atoms with Gasteiger partial charge in [0.1, 0.15) is 11.0 Å². The lowest BCUT2D eigenvalue weighted by atomic mass is 10.2. The minimum absolute atomic E-state index is 0.372. The van der Waals surface area contributed by atoms with Gasteiger partial charge < -0.3 is 0 Å². The van der Waals surface area contributed by atoms with Crippen molar-refractivity contribution in [3.63, 3.8) is 0 Å². The average Bonchev–Trinajstić information content (AvgIpc) is 2.16. The number of nitrogens with zero attached hydrogens (tertiary/aromatic N) is 1. The fraction of sp³-hybridized carbons (Fsp3) is 0.364. The van der Waals surface area contributed by atoms with Crippen molar-refractivity contribution in [1.29, 1.82) is 0 Å². The van der Waals surface area contributed by atoms with Crippen LogP contribution >= 0.6 is 11.6 Å². The molecule has 15 heavy (non-hydrogen) atoms. The molecule has 84 valence electrons. The van der Waals surface area contributed by atoms with Gasteiger partial charge in [-0.3, -0.25) is 0 Å². The Morgan fingerprint density at radius 1 is 1.33 bits per heavy atom. The maximum Gasteiger partial charge on any atom is 0.144 e. The van der Waals surface area contributed by atoms with Gasteiger partial charge >= 0.3 is 0 Å². The number of hydrogen-bond acceptors (Lipinski definition) is 1. The van der Waals surface area contributed by atoms with Crippen LogP contribution in [0.1, 0.15) is 20.8 Å². The Hall–Kier alpha value is -0.670. The van der Waals surface area contributed by atoms with Crippen molar-refractivity contribution in [2.45, 2.75) is 25.5 Å². The molecule has 0 aliphatic carbocycles. The molecule has 0 aromatic rings. The number of hydrogen-bond donors (Lipinski definition) is 0. The van der Waals surface area contributed by atoms with Crippen molar-refractivity contribution in [2.75, 3.05) is 0 Å². The van der Waals surface area contributed by atoms with E-state index >= 15 is 0 Å². The summed E-state index contributed by atoms with van der Waals surface area (Å²) in [5.41, 5.74) is 0.615. The summed E-state index contributed by atoms with van der Waals surface area (Å²) >= 11 is 5.83. The quantitative estimate of drug-likeness (QED) is 0.552. The van der Waals surface area contributed by atoms with Crippen molar-refractivity contribution in [3.8, 4) is 0 Å². The highest BCUT2D eigenvalue weighted by molar-refractivity contribution is 7.85. The van der Waals surface area contributed by atoms with Gasteiger partial charge in [0.15, 0.2) is 0 Å². The molecule has 0 amide bonds. The van der Waals surface area contributed by atoms with Gasteiger partial charge in [-0.25, -0.2) is 4.21 Å². The Kier molecular flexibility index (Phi) is 5.76. The number of rotatable bonds is 4. The summed E-state index contributed by atoms with van der Waals surface area (Å²) in [4.78, 5) is 0. The van der Waals surface area contributed by atoms with Gasteiger partial charge in [-0.2, -0.15) is 4.40 Å². The van der Waals surface area contributed by atoms with E-state index in [1.54, 1.807) is 6.08 Å². The Morgan fingerprint density at radius 3 is 2.20 bits per heavy atom. The standard InChI is InChI=1S/C11H16ClNOS/c1-6-9(10(12)7-2)8-13-15(14)11(3,4)5/h6-8H,1-2H2,3-5H3. The molecule has 0 radical (unpaired) electrons. The third-order valence-corrected chi connectivity index (χ3v) is 3.20. The highest BCUT2D eigenvalue weighted by Gasteiger charge is 2.18. The smallest absolute Gasteiger partial charge is 0.144 e. The molecule has 0 rings (SSSR count). The topological polar surface area (TPSA) is 29.4 Å². The van der Waals surface area contributed by atoms with E-state index in [1.807, 2.05) is 20.8 Å². The molecule has 1 atom stereocenters. The summed E-state index contributed by atoms with van der Waals surface area (Å²) in [6.45, 7) is 12.7. The van der Waals surface area contributed by atoms with Crippen LogP contribution in [0.25, 0.3) is 0 Å². The normalized spacial score (nSPS) is 16.0. The van der Waals surface area contributed by atoms with Crippen molar-refractivity contribution in [1.82, 2.24) is 0 Å². The summed E-state index contributed by atoms with van der Waals surface area (Å²) in [6.07, 6.45) is 4.50. The first-order valence-electron chi connectivity index (χ1n) is 4.43. The van der Waals surface area contributed by atoms with E-state index < -0.39 is 11.0 Å². The zero-order valence-electron chi connectivity index (χ0n) is 9.29. The molecule has 4 heteroatoms. The second-order valence-corrected chi connectivity index (χ2v) is 6.15. The van der Waals surface area contributed by atoms with Gasteiger partial charge in [0.05, 0.1) is 4.75 Å². The molecular formula is C11H16ClNOS.